The first-order chi connectivity index (χ1) is 12.7. The number of amides is 1. The van der Waals surface area contributed by atoms with Crippen molar-refractivity contribution in [2.24, 2.45) is 0 Å². The molecule has 7 nitrogen and oxygen atoms in total. The largest absolute Gasteiger partial charge is 0.307 e. The number of hydrogen-bond acceptors (Lipinski definition) is 4. The second-order valence-corrected chi connectivity index (χ2v) is 7.33. The number of benzene rings is 1. The second-order valence-electron chi connectivity index (χ2n) is 7.33. The summed E-state index contributed by atoms with van der Waals surface area (Å²) >= 11 is 0. The number of rotatable bonds is 4. The van der Waals surface area contributed by atoms with Crippen LogP contribution in [0.3, 0.4) is 0 Å². The van der Waals surface area contributed by atoms with Crippen molar-refractivity contribution < 1.29 is 4.79 Å². The van der Waals surface area contributed by atoms with Crippen molar-refractivity contribution >= 4 is 22.9 Å². The number of fused-ring (bicyclic) bond motifs is 1. The molecular weight excluding hydrogens is 328 g/mol. The van der Waals surface area contributed by atoms with E-state index >= 15 is 0 Å². The number of hydrogen-bond donors (Lipinski definition) is 2. The third kappa shape index (κ3) is 2.59. The van der Waals surface area contributed by atoms with Gasteiger partial charge in [-0.1, -0.05) is 12.1 Å². The van der Waals surface area contributed by atoms with Gasteiger partial charge >= 0.3 is 0 Å². The van der Waals surface area contributed by atoms with Crippen molar-refractivity contribution in [1.29, 1.82) is 0 Å². The molecule has 1 saturated carbocycles. The van der Waals surface area contributed by atoms with Gasteiger partial charge in [0, 0.05) is 6.04 Å². The van der Waals surface area contributed by atoms with Crippen LogP contribution in [0.25, 0.3) is 11.0 Å². The summed E-state index contributed by atoms with van der Waals surface area (Å²) in [5.74, 6) is 0.395. The molecule has 1 unspecified atom stereocenters. The van der Waals surface area contributed by atoms with E-state index in [0.29, 0.717) is 23.7 Å². The number of anilines is 1. The number of imidazole rings is 1. The first-order valence-electron chi connectivity index (χ1n) is 9.24. The van der Waals surface area contributed by atoms with Gasteiger partial charge in [0.05, 0.1) is 22.8 Å². The molecular formula is C19H22N6O. The molecule has 2 N–H and O–H groups in total. The van der Waals surface area contributed by atoms with E-state index in [1.165, 1.54) is 6.42 Å². The molecule has 1 atom stereocenters. The Morgan fingerprint density at radius 2 is 2.12 bits per heavy atom. The normalized spacial score (nSPS) is 20.7. The summed E-state index contributed by atoms with van der Waals surface area (Å²) < 4.78 is 2.14. The van der Waals surface area contributed by atoms with Crippen LogP contribution >= 0.6 is 0 Å². The van der Waals surface area contributed by atoms with E-state index in [1.807, 2.05) is 24.3 Å². The Morgan fingerprint density at radius 1 is 1.27 bits per heavy atom. The fourth-order valence-electron chi connectivity index (χ4n) is 3.93. The highest BCUT2D eigenvalue weighted by molar-refractivity contribution is 6.02. The number of carbonyl (C=O) groups is 1. The van der Waals surface area contributed by atoms with Gasteiger partial charge in [0.1, 0.15) is 0 Å². The van der Waals surface area contributed by atoms with Gasteiger partial charge in [-0.05, 0) is 57.5 Å². The number of nitrogens with one attached hydrogen (secondary N) is 2. The number of likely N-dealkylation sites (tertiary alicyclic amines) is 1. The summed E-state index contributed by atoms with van der Waals surface area (Å²) in [4.78, 5) is 19.6. The van der Waals surface area contributed by atoms with Gasteiger partial charge in [-0.15, -0.1) is 0 Å². The summed E-state index contributed by atoms with van der Waals surface area (Å²) in [6, 6.07) is 10.6. The predicted molar refractivity (Wildman–Crippen MR) is 99.1 cm³/mol. The Kier molecular flexibility index (Phi) is 3.56. The first-order valence-corrected chi connectivity index (χ1v) is 9.24. The molecule has 3 heterocycles. The van der Waals surface area contributed by atoms with E-state index in [2.05, 4.69) is 43.1 Å². The SMILES string of the molecule is CN1CCCC1c1cc(C(=O)Nc2nc3ccccc3n2C2CC2)n[nH]1. The minimum Gasteiger partial charge on any atom is -0.307 e. The van der Waals surface area contributed by atoms with Crippen molar-refractivity contribution in [3.05, 3.63) is 41.7 Å². The zero-order valence-electron chi connectivity index (χ0n) is 14.8. The van der Waals surface area contributed by atoms with E-state index in [9.17, 15) is 4.79 Å². The number of para-hydroxylation sites is 2. The van der Waals surface area contributed by atoms with Gasteiger partial charge in [0.25, 0.3) is 5.91 Å². The Bertz CT molecular complexity index is 969. The Hall–Kier alpha value is -2.67. The quantitative estimate of drug-likeness (QED) is 0.758. The van der Waals surface area contributed by atoms with Gasteiger partial charge in [0.15, 0.2) is 5.69 Å². The molecule has 7 heteroatoms. The summed E-state index contributed by atoms with van der Waals surface area (Å²) in [5, 5.41) is 10.2. The van der Waals surface area contributed by atoms with Gasteiger partial charge in [-0.3, -0.25) is 20.1 Å². The van der Waals surface area contributed by atoms with Gasteiger partial charge < -0.3 is 4.57 Å². The van der Waals surface area contributed by atoms with Crippen LogP contribution in [0.4, 0.5) is 5.95 Å². The summed E-state index contributed by atoms with van der Waals surface area (Å²) in [5.41, 5.74) is 3.39. The highest BCUT2D eigenvalue weighted by Gasteiger charge is 2.30. The minimum absolute atomic E-state index is 0.217. The van der Waals surface area contributed by atoms with Crippen LogP contribution in [0.2, 0.25) is 0 Å². The molecule has 1 saturated heterocycles. The van der Waals surface area contributed by atoms with Crippen LogP contribution in [-0.4, -0.2) is 44.1 Å². The molecule has 0 spiro atoms. The Balaban J connectivity index is 1.42. The van der Waals surface area contributed by atoms with Gasteiger partial charge in [0.2, 0.25) is 5.95 Å². The van der Waals surface area contributed by atoms with E-state index in [0.717, 1.165) is 42.5 Å². The van der Waals surface area contributed by atoms with Crippen molar-refractivity contribution in [3.63, 3.8) is 0 Å². The summed E-state index contributed by atoms with van der Waals surface area (Å²) in [6.07, 6.45) is 4.53. The lowest BCUT2D eigenvalue weighted by Crippen LogP contribution is -2.18. The number of aromatic amines is 1. The molecule has 0 radical (unpaired) electrons. The number of H-pyrrole nitrogens is 1. The molecule has 3 aromatic rings. The van der Waals surface area contributed by atoms with Crippen LogP contribution in [0.15, 0.2) is 30.3 Å². The lowest BCUT2D eigenvalue weighted by Gasteiger charge is -2.16. The maximum Gasteiger partial charge on any atom is 0.278 e. The van der Waals surface area contributed by atoms with Crippen LogP contribution < -0.4 is 5.32 Å². The zero-order valence-corrected chi connectivity index (χ0v) is 14.8. The topological polar surface area (TPSA) is 78.8 Å². The third-order valence-electron chi connectivity index (χ3n) is 5.44. The predicted octanol–water partition coefficient (Wildman–Crippen LogP) is 3.11. The zero-order chi connectivity index (χ0) is 17.7. The van der Waals surface area contributed by atoms with E-state index in [-0.39, 0.29) is 5.91 Å². The molecule has 0 bridgehead atoms. The second kappa shape index (κ2) is 5.95. The monoisotopic (exact) mass is 350 g/mol. The lowest BCUT2D eigenvalue weighted by atomic mass is 10.1. The van der Waals surface area contributed by atoms with Crippen molar-refractivity contribution in [3.8, 4) is 0 Å². The molecule has 1 aliphatic heterocycles. The maximum absolute atomic E-state index is 12.7. The Labute approximate surface area is 151 Å². The molecule has 2 fully saturated rings. The third-order valence-corrected chi connectivity index (χ3v) is 5.44. The van der Waals surface area contributed by atoms with Crippen LogP contribution in [0.5, 0.6) is 0 Å². The fraction of sp³-hybridized carbons (Fsp3) is 0.421. The van der Waals surface area contributed by atoms with Crippen LogP contribution in [0, 0.1) is 0 Å². The number of aromatic nitrogens is 4. The molecule has 1 aliphatic carbocycles. The van der Waals surface area contributed by atoms with Crippen molar-refractivity contribution in [2.75, 3.05) is 18.9 Å². The molecule has 1 amide bonds. The van der Waals surface area contributed by atoms with Crippen LogP contribution in [-0.2, 0) is 0 Å². The first kappa shape index (κ1) is 15.6. The highest BCUT2D eigenvalue weighted by atomic mass is 16.2. The highest BCUT2D eigenvalue weighted by Crippen LogP contribution is 2.40. The smallest absolute Gasteiger partial charge is 0.278 e. The average Bonchev–Trinajstić information content (AvgIpc) is 3.06. The van der Waals surface area contributed by atoms with E-state index in [1.54, 1.807) is 0 Å². The fourth-order valence-corrected chi connectivity index (χ4v) is 3.93. The molecule has 2 aliphatic rings. The molecule has 1 aromatic carbocycles. The molecule has 26 heavy (non-hydrogen) atoms. The molecule has 134 valence electrons. The van der Waals surface area contributed by atoms with Crippen molar-refractivity contribution in [1.82, 2.24) is 24.6 Å². The summed E-state index contributed by atoms with van der Waals surface area (Å²) in [6.45, 7) is 1.08. The average molecular weight is 350 g/mol. The summed E-state index contributed by atoms with van der Waals surface area (Å²) in [7, 11) is 2.11. The number of nitrogens with zero attached hydrogens (tertiary/aromatic N) is 4. The van der Waals surface area contributed by atoms with E-state index < -0.39 is 0 Å². The molecule has 2 aromatic heterocycles. The van der Waals surface area contributed by atoms with Crippen molar-refractivity contribution in [2.45, 2.75) is 37.8 Å². The number of carbonyl (C=O) groups excluding carboxylic acids is 1. The van der Waals surface area contributed by atoms with E-state index in [4.69, 9.17) is 0 Å². The molecule has 5 rings (SSSR count). The Morgan fingerprint density at radius 3 is 2.88 bits per heavy atom. The van der Waals surface area contributed by atoms with Gasteiger partial charge in [-0.2, -0.15) is 5.10 Å². The minimum atomic E-state index is -0.217. The standard InChI is InChI=1S/C19H22N6O/c1-24-10-4-7-16(24)14-11-15(23-22-14)18(26)21-19-20-13-5-2-3-6-17(13)25(19)12-8-9-12/h2-3,5-6,11-12,16H,4,7-10H2,1H3,(H,22,23)(H,20,21,26). The lowest BCUT2D eigenvalue weighted by molar-refractivity contribution is 0.102. The van der Waals surface area contributed by atoms with Gasteiger partial charge in [-0.25, -0.2) is 4.98 Å². The maximum atomic E-state index is 12.7. The van der Waals surface area contributed by atoms with Crippen LogP contribution in [0.1, 0.15) is 53.9 Å².